The van der Waals surface area contributed by atoms with Crippen molar-refractivity contribution < 1.29 is 8.42 Å². The maximum atomic E-state index is 11.8. The first kappa shape index (κ1) is 14.3. The van der Waals surface area contributed by atoms with E-state index in [9.17, 15) is 8.42 Å². The van der Waals surface area contributed by atoms with E-state index in [0.29, 0.717) is 17.5 Å². The molecule has 0 bridgehead atoms. The van der Waals surface area contributed by atoms with Gasteiger partial charge in [-0.1, -0.05) is 13.8 Å². The van der Waals surface area contributed by atoms with Gasteiger partial charge in [0.2, 0.25) is 10.0 Å². The highest BCUT2D eigenvalue weighted by atomic mass is 32.2. The number of benzene rings is 1. The third kappa shape index (κ3) is 3.70. The van der Waals surface area contributed by atoms with Crippen LogP contribution in [0.2, 0.25) is 0 Å². The maximum Gasteiger partial charge on any atom is 0.240 e. The van der Waals surface area contributed by atoms with Gasteiger partial charge in [0, 0.05) is 18.3 Å². The Morgan fingerprint density at radius 3 is 2.42 bits per heavy atom. The van der Waals surface area contributed by atoms with E-state index in [-0.39, 0.29) is 0 Å². The zero-order chi connectivity index (χ0) is 13.9. The van der Waals surface area contributed by atoms with Crippen molar-refractivity contribution in [3.05, 3.63) is 24.3 Å². The molecule has 2 unspecified atom stereocenters. The lowest BCUT2D eigenvalue weighted by molar-refractivity contribution is 0.584. The Morgan fingerprint density at radius 1 is 1.21 bits per heavy atom. The summed E-state index contributed by atoms with van der Waals surface area (Å²) in [7, 11) is -3.34. The van der Waals surface area contributed by atoms with Crippen molar-refractivity contribution in [1.82, 2.24) is 4.72 Å². The summed E-state index contributed by atoms with van der Waals surface area (Å²) in [4.78, 5) is 0.319. The fraction of sp³-hybridized carbons (Fsp3) is 0.571. The van der Waals surface area contributed by atoms with E-state index < -0.39 is 10.0 Å². The number of rotatable bonds is 5. The van der Waals surface area contributed by atoms with Gasteiger partial charge in [0.15, 0.2) is 0 Å². The molecule has 2 N–H and O–H groups in total. The van der Waals surface area contributed by atoms with E-state index in [1.165, 1.54) is 19.3 Å². The Kier molecular flexibility index (Phi) is 4.47. The highest BCUT2D eigenvalue weighted by molar-refractivity contribution is 7.89. The van der Waals surface area contributed by atoms with Crippen molar-refractivity contribution in [2.24, 2.45) is 5.92 Å². The molecule has 1 aliphatic rings. The molecular weight excluding hydrogens is 260 g/mol. The van der Waals surface area contributed by atoms with Crippen LogP contribution in [0.15, 0.2) is 29.2 Å². The molecule has 1 saturated carbocycles. The first-order chi connectivity index (χ1) is 9.01. The van der Waals surface area contributed by atoms with Crippen LogP contribution in [0.1, 0.15) is 33.1 Å². The van der Waals surface area contributed by atoms with Gasteiger partial charge < -0.3 is 5.32 Å². The summed E-state index contributed by atoms with van der Waals surface area (Å²) in [5, 5.41) is 3.47. The van der Waals surface area contributed by atoms with Gasteiger partial charge >= 0.3 is 0 Å². The van der Waals surface area contributed by atoms with E-state index >= 15 is 0 Å². The lowest BCUT2D eigenvalue weighted by Crippen LogP contribution is -2.23. The Morgan fingerprint density at radius 2 is 1.89 bits per heavy atom. The van der Waals surface area contributed by atoms with Crippen LogP contribution in [0.4, 0.5) is 5.69 Å². The summed E-state index contributed by atoms with van der Waals surface area (Å²) >= 11 is 0. The molecule has 0 spiro atoms. The molecule has 2 atom stereocenters. The molecule has 0 radical (unpaired) electrons. The molecule has 2 rings (SSSR count). The summed E-state index contributed by atoms with van der Waals surface area (Å²) in [5.41, 5.74) is 0.995. The van der Waals surface area contributed by atoms with Crippen LogP contribution < -0.4 is 10.0 Å². The number of hydrogen-bond acceptors (Lipinski definition) is 3. The van der Waals surface area contributed by atoms with Crippen LogP contribution >= 0.6 is 0 Å². The Bertz CT molecular complexity index is 511. The van der Waals surface area contributed by atoms with Crippen LogP contribution in [0.5, 0.6) is 0 Å². The molecular formula is C14H22N2O2S. The number of anilines is 1. The quantitative estimate of drug-likeness (QED) is 0.872. The van der Waals surface area contributed by atoms with Crippen molar-refractivity contribution in [3.63, 3.8) is 0 Å². The van der Waals surface area contributed by atoms with E-state index in [0.717, 1.165) is 11.6 Å². The van der Waals surface area contributed by atoms with Gasteiger partial charge in [0.05, 0.1) is 4.90 Å². The van der Waals surface area contributed by atoms with Gasteiger partial charge in [0.25, 0.3) is 0 Å². The lowest BCUT2D eigenvalue weighted by Gasteiger charge is -2.14. The summed E-state index contributed by atoms with van der Waals surface area (Å²) in [6.07, 6.45) is 3.65. The maximum absolute atomic E-state index is 11.8. The Labute approximate surface area is 115 Å². The van der Waals surface area contributed by atoms with Crippen LogP contribution in [-0.4, -0.2) is 21.0 Å². The predicted octanol–water partition coefficient (Wildman–Crippen LogP) is 2.59. The van der Waals surface area contributed by atoms with Crippen LogP contribution in [-0.2, 0) is 10.0 Å². The number of nitrogens with one attached hydrogen (secondary N) is 2. The smallest absolute Gasteiger partial charge is 0.240 e. The highest BCUT2D eigenvalue weighted by Crippen LogP contribution is 2.27. The standard InChI is InChI=1S/C14H22N2O2S/c1-3-15-19(17,18)14-8-6-12(7-9-14)16-13-5-4-11(2)10-13/h6-9,11,13,15-16H,3-5,10H2,1-2H3. The van der Waals surface area contributed by atoms with Gasteiger partial charge in [0.1, 0.15) is 0 Å². The predicted molar refractivity (Wildman–Crippen MR) is 77.7 cm³/mol. The minimum Gasteiger partial charge on any atom is -0.382 e. The molecule has 1 aliphatic carbocycles. The monoisotopic (exact) mass is 282 g/mol. The van der Waals surface area contributed by atoms with Gasteiger partial charge in [-0.15, -0.1) is 0 Å². The number of hydrogen-bond donors (Lipinski definition) is 2. The molecule has 1 fully saturated rings. The summed E-state index contributed by atoms with van der Waals surface area (Å²) in [5.74, 6) is 0.783. The Balaban J connectivity index is 2.02. The second kappa shape index (κ2) is 5.92. The fourth-order valence-electron chi connectivity index (χ4n) is 2.58. The van der Waals surface area contributed by atoms with E-state index in [2.05, 4.69) is 17.0 Å². The van der Waals surface area contributed by atoms with Gasteiger partial charge in [-0.05, 0) is 49.4 Å². The largest absolute Gasteiger partial charge is 0.382 e. The normalized spacial score (nSPS) is 23.5. The summed E-state index contributed by atoms with van der Waals surface area (Å²) < 4.78 is 26.1. The third-order valence-electron chi connectivity index (χ3n) is 3.56. The molecule has 1 aromatic carbocycles. The molecule has 106 valence electrons. The molecule has 5 heteroatoms. The average molecular weight is 282 g/mol. The van der Waals surface area contributed by atoms with Gasteiger partial charge in [-0.2, -0.15) is 0 Å². The molecule has 0 heterocycles. The van der Waals surface area contributed by atoms with Crippen molar-refractivity contribution in [1.29, 1.82) is 0 Å². The van der Waals surface area contributed by atoms with Crippen LogP contribution in [0.25, 0.3) is 0 Å². The summed E-state index contributed by atoms with van der Waals surface area (Å²) in [6, 6.07) is 7.50. The molecule has 1 aromatic rings. The minimum absolute atomic E-state index is 0.319. The zero-order valence-corrected chi connectivity index (χ0v) is 12.3. The van der Waals surface area contributed by atoms with E-state index in [1.54, 1.807) is 19.1 Å². The molecule has 0 saturated heterocycles. The highest BCUT2D eigenvalue weighted by Gasteiger charge is 2.21. The topological polar surface area (TPSA) is 58.2 Å². The second-order valence-electron chi connectivity index (χ2n) is 5.29. The first-order valence-electron chi connectivity index (χ1n) is 6.87. The number of sulfonamides is 1. The first-order valence-corrected chi connectivity index (χ1v) is 8.36. The van der Waals surface area contributed by atoms with Crippen LogP contribution in [0.3, 0.4) is 0 Å². The van der Waals surface area contributed by atoms with Gasteiger partial charge in [-0.25, -0.2) is 13.1 Å². The molecule has 4 nitrogen and oxygen atoms in total. The SMILES string of the molecule is CCNS(=O)(=O)c1ccc(NC2CCC(C)C2)cc1. The molecule has 0 aromatic heterocycles. The summed E-state index contributed by atoms with van der Waals surface area (Å²) in [6.45, 7) is 4.45. The van der Waals surface area contributed by atoms with Gasteiger partial charge in [-0.3, -0.25) is 0 Å². The van der Waals surface area contributed by atoms with E-state index in [4.69, 9.17) is 0 Å². The average Bonchev–Trinajstić information content (AvgIpc) is 2.75. The molecule has 0 amide bonds. The third-order valence-corrected chi connectivity index (χ3v) is 5.13. The second-order valence-corrected chi connectivity index (χ2v) is 7.05. The van der Waals surface area contributed by atoms with Crippen molar-refractivity contribution in [2.75, 3.05) is 11.9 Å². The molecule has 19 heavy (non-hydrogen) atoms. The van der Waals surface area contributed by atoms with E-state index in [1.807, 2.05) is 12.1 Å². The van der Waals surface area contributed by atoms with Crippen molar-refractivity contribution >= 4 is 15.7 Å². The Hall–Kier alpha value is -1.07. The zero-order valence-electron chi connectivity index (χ0n) is 11.5. The van der Waals surface area contributed by atoms with Crippen LogP contribution in [0, 0.1) is 5.92 Å². The minimum atomic E-state index is -3.34. The van der Waals surface area contributed by atoms with Crippen molar-refractivity contribution in [3.8, 4) is 0 Å². The lowest BCUT2D eigenvalue weighted by atomic mass is 10.1. The molecule has 0 aliphatic heterocycles. The van der Waals surface area contributed by atoms with Crippen molar-refractivity contribution in [2.45, 2.75) is 44.0 Å². The fourth-order valence-corrected chi connectivity index (χ4v) is 3.62.